The molecule has 0 spiro atoms. The molecule has 0 radical (unpaired) electrons. The van der Waals surface area contributed by atoms with Crippen molar-refractivity contribution in [2.75, 3.05) is 5.32 Å². The second kappa shape index (κ2) is 8.80. The fourth-order valence-electron chi connectivity index (χ4n) is 3.10. The number of thiazole rings is 1. The molecule has 0 fully saturated rings. The number of rotatable bonds is 6. The van der Waals surface area contributed by atoms with Crippen molar-refractivity contribution < 1.29 is 12.6 Å². The molecule has 2 heterocycles. The van der Waals surface area contributed by atoms with Crippen molar-refractivity contribution in [2.24, 2.45) is 0 Å². The Balaban J connectivity index is 1.85. The molecule has 0 saturated heterocycles. The fourth-order valence-corrected chi connectivity index (χ4v) is 5.33. The first kappa shape index (κ1) is 22.7. The molecule has 166 valence electrons. The largest absolute Gasteiger partial charge is 0.378 e. The monoisotopic (exact) mass is 531 g/mol. The van der Waals surface area contributed by atoms with Gasteiger partial charge in [0, 0.05) is 27.3 Å². The highest BCUT2D eigenvalue weighted by Gasteiger charge is 2.21. The third-order valence-electron chi connectivity index (χ3n) is 4.76. The van der Waals surface area contributed by atoms with Crippen LogP contribution in [0.4, 0.5) is 5.13 Å². The summed E-state index contributed by atoms with van der Waals surface area (Å²) in [6.07, 6.45) is 0. The van der Waals surface area contributed by atoms with Gasteiger partial charge < -0.3 is 9.50 Å². The Kier molecular flexibility index (Phi) is 6.24. The number of aryl methyl sites for hydroxylation is 2. The molecule has 6 nitrogen and oxygen atoms in total. The number of pyridine rings is 1. The van der Waals surface area contributed by atoms with Gasteiger partial charge in [0.25, 0.3) is 0 Å². The lowest BCUT2D eigenvalue weighted by Crippen LogP contribution is -2.10. The summed E-state index contributed by atoms with van der Waals surface area (Å²) in [6, 6.07) is 12.2. The van der Waals surface area contributed by atoms with Crippen LogP contribution in [0.2, 0.25) is 0 Å². The van der Waals surface area contributed by atoms with Crippen LogP contribution >= 0.6 is 27.3 Å². The number of nitrogens with zero attached hydrogens (tertiary/aromatic N) is 2. The van der Waals surface area contributed by atoms with Gasteiger partial charge in [-0.25, -0.2) is 9.97 Å². The maximum absolute atomic E-state index is 13.0. The van der Waals surface area contributed by atoms with Crippen LogP contribution in [0.1, 0.15) is 25.0 Å². The Bertz CT molecular complexity index is 1400. The van der Waals surface area contributed by atoms with Gasteiger partial charge in [0.1, 0.15) is 10.6 Å². The lowest BCUT2D eigenvalue weighted by atomic mass is 10.1. The van der Waals surface area contributed by atoms with Crippen molar-refractivity contribution in [3.05, 3.63) is 63.4 Å². The molecule has 0 saturated carbocycles. The topological polar surface area (TPSA) is 81.2 Å². The van der Waals surface area contributed by atoms with Gasteiger partial charge in [-0.15, -0.1) is 11.3 Å². The molecule has 0 atom stereocenters. The van der Waals surface area contributed by atoms with Gasteiger partial charge in [0.05, 0.1) is 11.2 Å². The van der Waals surface area contributed by atoms with E-state index >= 15 is 0 Å². The maximum Gasteiger partial charge on any atom is 0.339 e. The quantitative estimate of drug-likeness (QED) is 0.293. The molecule has 4 aromatic rings. The van der Waals surface area contributed by atoms with Gasteiger partial charge in [-0.2, -0.15) is 8.42 Å². The molecular formula is C23H22BrN3O3S2. The number of anilines is 1. The van der Waals surface area contributed by atoms with E-state index in [0.29, 0.717) is 22.3 Å². The molecule has 0 bridgehead atoms. The minimum Gasteiger partial charge on any atom is -0.378 e. The van der Waals surface area contributed by atoms with Gasteiger partial charge in [-0.3, -0.25) is 0 Å². The summed E-state index contributed by atoms with van der Waals surface area (Å²) in [6.45, 7) is 7.93. The number of nitrogens with one attached hydrogen (secondary N) is 1. The SMILES string of the molecule is Cc1ccc(S(=O)(=O)Oc2cc(-c3csc(NC(C)C)n3)nc3c(Br)c(C)ccc23)cc1. The second-order valence-electron chi connectivity index (χ2n) is 7.79. The average molecular weight is 532 g/mol. The van der Waals surface area contributed by atoms with E-state index in [1.54, 1.807) is 30.3 Å². The van der Waals surface area contributed by atoms with Crippen molar-refractivity contribution in [3.8, 4) is 17.1 Å². The molecule has 0 unspecified atom stereocenters. The predicted molar refractivity (Wildman–Crippen MR) is 133 cm³/mol. The standard InChI is InChI=1S/C23H22BrN3O3S2/c1-13(2)25-23-27-19(12-31-23)18-11-20(17-10-7-15(4)21(24)22(17)26-18)30-32(28,29)16-8-5-14(3)6-9-16/h5-13H,1-4H3,(H,25,27). The Morgan fingerprint density at radius 2 is 1.75 bits per heavy atom. The molecule has 0 aliphatic carbocycles. The van der Waals surface area contributed by atoms with E-state index in [0.717, 1.165) is 20.7 Å². The van der Waals surface area contributed by atoms with Crippen molar-refractivity contribution in [1.82, 2.24) is 9.97 Å². The lowest BCUT2D eigenvalue weighted by Gasteiger charge is -2.13. The van der Waals surface area contributed by atoms with Crippen LogP contribution in [0.15, 0.2) is 57.2 Å². The number of benzene rings is 2. The molecule has 1 N–H and O–H groups in total. The Labute approximate surface area is 199 Å². The van der Waals surface area contributed by atoms with E-state index in [4.69, 9.17) is 9.17 Å². The summed E-state index contributed by atoms with van der Waals surface area (Å²) < 4.78 is 32.4. The maximum atomic E-state index is 13.0. The normalized spacial score (nSPS) is 11.8. The number of halogens is 1. The number of hydrogen-bond donors (Lipinski definition) is 1. The minimum absolute atomic E-state index is 0.0952. The van der Waals surface area contributed by atoms with Gasteiger partial charge in [0.2, 0.25) is 0 Å². The van der Waals surface area contributed by atoms with E-state index in [9.17, 15) is 8.42 Å². The summed E-state index contributed by atoms with van der Waals surface area (Å²) in [5.74, 6) is 0.206. The second-order valence-corrected chi connectivity index (χ2v) is 11.0. The highest BCUT2D eigenvalue weighted by atomic mass is 79.9. The first-order chi connectivity index (χ1) is 15.1. The number of aromatic nitrogens is 2. The van der Waals surface area contributed by atoms with Crippen molar-refractivity contribution >= 4 is 53.4 Å². The zero-order valence-electron chi connectivity index (χ0n) is 18.0. The van der Waals surface area contributed by atoms with Gasteiger partial charge >= 0.3 is 10.1 Å². The van der Waals surface area contributed by atoms with E-state index in [1.165, 1.54) is 11.3 Å². The van der Waals surface area contributed by atoms with Crippen LogP contribution in [0.5, 0.6) is 5.75 Å². The number of hydrogen-bond acceptors (Lipinski definition) is 7. The van der Waals surface area contributed by atoms with E-state index in [2.05, 4.69) is 26.2 Å². The van der Waals surface area contributed by atoms with Crippen LogP contribution in [0.25, 0.3) is 22.3 Å². The van der Waals surface area contributed by atoms with Gasteiger partial charge in [-0.05, 0) is 67.4 Å². The Hall–Kier alpha value is -2.49. The average Bonchev–Trinajstić information content (AvgIpc) is 3.18. The zero-order chi connectivity index (χ0) is 23.0. The van der Waals surface area contributed by atoms with Crippen LogP contribution in [-0.2, 0) is 10.1 Å². The van der Waals surface area contributed by atoms with Crippen LogP contribution < -0.4 is 9.50 Å². The van der Waals surface area contributed by atoms with Crippen molar-refractivity contribution in [1.29, 1.82) is 0 Å². The molecule has 4 rings (SSSR count). The molecule has 9 heteroatoms. The Morgan fingerprint density at radius 1 is 1.03 bits per heavy atom. The predicted octanol–water partition coefficient (Wildman–Crippen LogP) is 6.33. The van der Waals surface area contributed by atoms with Crippen molar-refractivity contribution in [2.45, 2.75) is 38.6 Å². The van der Waals surface area contributed by atoms with Crippen LogP contribution in [-0.4, -0.2) is 24.4 Å². The third-order valence-corrected chi connectivity index (χ3v) is 7.79. The first-order valence-electron chi connectivity index (χ1n) is 9.97. The highest BCUT2D eigenvalue weighted by Crippen LogP contribution is 2.37. The highest BCUT2D eigenvalue weighted by molar-refractivity contribution is 9.10. The third kappa shape index (κ3) is 4.65. The van der Waals surface area contributed by atoms with Gasteiger partial charge in [0.15, 0.2) is 10.9 Å². The molecular weight excluding hydrogens is 510 g/mol. The minimum atomic E-state index is -4.03. The summed E-state index contributed by atoms with van der Waals surface area (Å²) in [7, 11) is -4.03. The zero-order valence-corrected chi connectivity index (χ0v) is 21.2. The molecule has 0 amide bonds. The fraction of sp³-hybridized carbons (Fsp3) is 0.217. The van der Waals surface area contributed by atoms with Crippen molar-refractivity contribution in [3.63, 3.8) is 0 Å². The summed E-state index contributed by atoms with van der Waals surface area (Å²) in [5.41, 5.74) is 3.74. The molecule has 0 aliphatic rings. The summed E-state index contributed by atoms with van der Waals surface area (Å²) in [5, 5.41) is 6.53. The smallest absolute Gasteiger partial charge is 0.339 e. The van der Waals surface area contributed by atoms with Gasteiger partial charge in [-0.1, -0.05) is 23.8 Å². The summed E-state index contributed by atoms with van der Waals surface area (Å²) in [4.78, 5) is 9.47. The van der Waals surface area contributed by atoms with E-state index in [-0.39, 0.29) is 16.7 Å². The molecule has 2 aromatic heterocycles. The van der Waals surface area contributed by atoms with E-state index < -0.39 is 10.1 Å². The van der Waals surface area contributed by atoms with Crippen LogP contribution in [0, 0.1) is 13.8 Å². The molecule has 2 aromatic carbocycles. The lowest BCUT2D eigenvalue weighted by molar-refractivity contribution is 0.488. The van der Waals surface area contributed by atoms with Crippen LogP contribution in [0.3, 0.4) is 0 Å². The molecule has 32 heavy (non-hydrogen) atoms. The molecule has 0 aliphatic heterocycles. The Morgan fingerprint density at radius 3 is 2.44 bits per heavy atom. The first-order valence-corrected chi connectivity index (χ1v) is 13.1. The van der Waals surface area contributed by atoms with E-state index in [1.807, 2.05) is 45.2 Å². The summed E-state index contributed by atoms with van der Waals surface area (Å²) >= 11 is 5.06. The number of fused-ring (bicyclic) bond motifs is 1.